The van der Waals surface area contributed by atoms with E-state index in [0.717, 1.165) is 51.4 Å². The minimum Gasteiger partial charge on any atom is -0.371 e. The Morgan fingerprint density at radius 2 is 0.957 bits per heavy atom. The summed E-state index contributed by atoms with van der Waals surface area (Å²) in [5.41, 5.74) is 0. The van der Waals surface area contributed by atoms with Crippen molar-refractivity contribution in [2.75, 3.05) is 27.7 Å². The van der Waals surface area contributed by atoms with Crippen LogP contribution in [0.5, 0.6) is 0 Å². The van der Waals surface area contributed by atoms with Gasteiger partial charge in [-0.05, 0) is 38.5 Å². The average molecular weight is 687 g/mol. The highest BCUT2D eigenvalue weighted by Crippen LogP contribution is 2.45. The molecule has 8 heteroatoms. The summed E-state index contributed by atoms with van der Waals surface area (Å²) in [5.74, 6) is -0.954. The lowest BCUT2D eigenvalue weighted by Crippen LogP contribution is -2.45. The lowest BCUT2D eigenvalue weighted by molar-refractivity contribution is -0.872. The van der Waals surface area contributed by atoms with E-state index in [9.17, 15) is 19.0 Å². The van der Waals surface area contributed by atoms with Crippen LogP contribution in [0.2, 0.25) is 0 Å². The van der Waals surface area contributed by atoms with Gasteiger partial charge in [-0.2, -0.15) is 0 Å². The molecule has 0 aromatic rings. The van der Waals surface area contributed by atoms with Crippen molar-refractivity contribution in [2.24, 2.45) is 0 Å². The van der Waals surface area contributed by atoms with Crippen LogP contribution in [-0.2, 0) is 23.2 Å². The predicted molar refractivity (Wildman–Crippen MR) is 198 cm³/mol. The summed E-state index contributed by atoms with van der Waals surface area (Å²) in [7, 11) is 1.00. The molecule has 278 valence electrons. The Labute approximate surface area is 291 Å². The lowest BCUT2D eigenvalue weighted by atomic mass is 10.0. The minimum absolute atomic E-state index is 0.0684. The largest absolute Gasteiger partial charge is 0.530 e. The van der Waals surface area contributed by atoms with Crippen molar-refractivity contribution in [2.45, 2.75) is 200 Å². The first-order chi connectivity index (χ1) is 22.5. The number of ketones is 1. The van der Waals surface area contributed by atoms with Crippen LogP contribution in [0.15, 0.2) is 12.2 Å². The Bertz CT molecular complexity index is 825. The van der Waals surface area contributed by atoms with Crippen molar-refractivity contribution in [1.29, 1.82) is 0 Å². The van der Waals surface area contributed by atoms with E-state index in [1.165, 1.54) is 109 Å². The molecule has 0 saturated carbocycles. The van der Waals surface area contributed by atoms with Crippen molar-refractivity contribution in [3.05, 3.63) is 12.2 Å². The zero-order valence-corrected chi connectivity index (χ0v) is 32.5. The van der Waals surface area contributed by atoms with E-state index >= 15 is 0 Å². The van der Waals surface area contributed by atoms with Crippen LogP contribution in [0.25, 0.3) is 0 Å². The second kappa shape index (κ2) is 31.0. The minimum atomic E-state index is -4.69. The summed E-state index contributed by atoms with van der Waals surface area (Å²) < 4.78 is 23.3. The van der Waals surface area contributed by atoms with Crippen molar-refractivity contribution in [3.8, 4) is 0 Å². The van der Waals surface area contributed by atoms with Gasteiger partial charge >= 0.3 is 13.8 Å². The number of unbranched alkanes of at least 4 members (excludes halogenated alkanes) is 23. The number of Topliss-reactive ketones (excluding diaryl/α,β-unsaturated/α-hetero) is 1. The molecule has 1 N–H and O–H groups in total. The molecule has 0 aliphatic carbocycles. The molecule has 47 heavy (non-hydrogen) atoms. The smallest absolute Gasteiger partial charge is 0.371 e. The molecule has 0 aliphatic rings. The molecule has 0 saturated heterocycles. The fourth-order valence-electron chi connectivity index (χ4n) is 5.87. The van der Waals surface area contributed by atoms with Crippen LogP contribution in [0.4, 0.5) is 0 Å². The Balaban J connectivity index is 4.16. The van der Waals surface area contributed by atoms with Gasteiger partial charge in [0.05, 0.1) is 21.1 Å². The van der Waals surface area contributed by atoms with Crippen molar-refractivity contribution >= 4 is 19.6 Å². The highest BCUT2D eigenvalue weighted by molar-refractivity contribution is 7.48. The number of allylic oxidation sites excluding steroid dienone is 2. The summed E-state index contributed by atoms with van der Waals surface area (Å²) in [6.45, 7) is 4.73. The zero-order chi connectivity index (χ0) is 35.1. The SMILES string of the molecule is CCCCCCCC/C=C\CCCCCCCC(=O)OP(=O)(O)OC(C[N+](C)(C)C)C(=O)CCCCCCCCCCCCCCC. The monoisotopic (exact) mass is 687 g/mol. The maximum atomic E-state index is 13.0. The van der Waals surface area contributed by atoms with E-state index in [1.54, 1.807) is 0 Å². The number of nitrogens with zero attached hydrogens (tertiary/aromatic N) is 1. The molecule has 0 aliphatic heterocycles. The van der Waals surface area contributed by atoms with E-state index in [1.807, 2.05) is 21.1 Å². The van der Waals surface area contributed by atoms with Gasteiger partial charge in [-0.3, -0.25) is 19.0 Å². The number of rotatable bonds is 35. The maximum Gasteiger partial charge on any atom is 0.530 e. The molecule has 0 rings (SSSR count). The zero-order valence-electron chi connectivity index (χ0n) is 31.6. The molecule has 0 aromatic carbocycles. The van der Waals surface area contributed by atoms with Crippen LogP contribution in [0.3, 0.4) is 0 Å². The molecule has 7 nitrogen and oxygen atoms in total. The second-order valence-corrected chi connectivity index (χ2v) is 16.1. The van der Waals surface area contributed by atoms with Gasteiger partial charge in [-0.15, -0.1) is 0 Å². The quantitative estimate of drug-likeness (QED) is 0.0309. The Morgan fingerprint density at radius 3 is 1.36 bits per heavy atom. The number of carbonyl (C=O) groups excluding carboxylic acids is 2. The van der Waals surface area contributed by atoms with E-state index in [-0.39, 0.29) is 18.7 Å². The predicted octanol–water partition coefficient (Wildman–Crippen LogP) is 11.8. The topological polar surface area (TPSA) is 89.9 Å². The van der Waals surface area contributed by atoms with Gasteiger partial charge in [-0.25, -0.2) is 4.57 Å². The van der Waals surface area contributed by atoms with Crippen LogP contribution < -0.4 is 0 Å². The fourth-order valence-corrected chi connectivity index (χ4v) is 6.76. The Morgan fingerprint density at radius 1 is 0.596 bits per heavy atom. The summed E-state index contributed by atoms with van der Waals surface area (Å²) in [4.78, 5) is 35.6. The third kappa shape index (κ3) is 33.3. The third-order valence-electron chi connectivity index (χ3n) is 8.72. The fraction of sp³-hybridized carbons (Fsp3) is 0.897. The molecule has 0 fully saturated rings. The van der Waals surface area contributed by atoms with Crippen LogP contribution in [0, 0.1) is 0 Å². The number of hydrogen-bond acceptors (Lipinski definition) is 5. The molecule has 0 heterocycles. The molecule has 0 spiro atoms. The van der Waals surface area contributed by atoms with Crippen LogP contribution in [-0.4, -0.2) is 54.9 Å². The number of quaternary nitrogens is 1. The molecule has 2 atom stereocenters. The van der Waals surface area contributed by atoms with Gasteiger partial charge in [0, 0.05) is 12.8 Å². The van der Waals surface area contributed by atoms with Crippen molar-refractivity contribution in [1.82, 2.24) is 0 Å². The maximum absolute atomic E-state index is 13.0. The van der Waals surface area contributed by atoms with Gasteiger partial charge < -0.3 is 9.01 Å². The first kappa shape index (κ1) is 46.0. The molecule has 0 aromatic heterocycles. The molecule has 0 radical (unpaired) electrons. The highest BCUT2D eigenvalue weighted by atomic mass is 31.2. The van der Waals surface area contributed by atoms with E-state index in [2.05, 4.69) is 26.0 Å². The van der Waals surface area contributed by atoms with Gasteiger partial charge in [0.1, 0.15) is 6.54 Å². The number of carbonyl (C=O) groups is 2. The van der Waals surface area contributed by atoms with Crippen molar-refractivity contribution in [3.63, 3.8) is 0 Å². The van der Waals surface area contributed by atoms with Gasteiger partial charge in [-0.1, -0.05) is 154 Å². The standard InChI is InChI=1S/C39H76NO6P/c1-6-8-10-12-14-16-18-20-21-23-25-27-29-31-33-35-39(42)46-47(43,44)45-38(36-40(3,4)5)37(41)34-32-30-28-26-24-22-19-17-15-13-11-9-7-2/h20-21,38H,6-19,22-36H2,1-5H3/p+1/b21-20-. The van der Waals surface area contributed by atoms with E-state index in [0.29, 0.717) is 17.3 Å². The van der Waals surface area contributed by atoms with Crippen molar-refractivity contribution < 1.29 is 32.6 Å². The first-order valence-electron chi connectivity index (χ1n) is 19.7. The van der Waals surface area contributed by atoms with Crippen LogP contribution >= 0.6 is 7.82 Å². The Kier molecular flexibility index (Phi) is 30.3. The lowest BCUT2D eigenvalue weighted by Gasteiger charge is -2.29. The number of hydrogen-bond donors (Lipinski definition) is 1. The highest BCUT2D eigenvalue weighted by Gasteiger charge is 2.36. The van der Waals surface area contributed by atoms with E-state index in [4.69, 9.17) is 9.05 Å². The molecule has 0 bridgehead atoms. The number of likely N-dealkylation sites (N-methyl/N-ethyl adjacent to an activating group) is 1. The number of phosphoric acid groups is 1. The van der Waals surface area contributed by atoms with E-state index < -0.39 is 19.9 Å². The van der Waals surface area contributed by atoms with Crippen LogP contribution in [0.1, 0.15) is 194 Å². The van der Waals surface area contributed by atoms with Gasteiger partial charge in [0.25, 0.3) is 0 Å². The Hall–Kier alpha value is -1.01. The summed E-state index contributed by atoms with van der Waals surface area (Å²) >= 11 is 0. The molecule has 2 unspecified atom stereocenters. The summed E-state index contributed by atoms with van der Waals surface area (Å²) in [6, 6.07) is 0. The molecule has 0 amide bonds. The second-order valence-electron chi connectivity index (χ2n) is 14.8. The summed E-state index contributed by atoms with van der Waals surface area (Å²) in [6.07, 6.45) is 34.8. The van der Waals surface area contributed by atoms with Gasteiger partial charge in [0.2, 0.25) is 0 Å². The average Bonchev–Trinajstić information content (AvgIpc) is 2.99. The normalized spacial score (nSPS) is 14.0. The first-order valence-corrected chi connectivity index (χ1v) is 21.2. The van der Waals surface area contributed by atoms with Gasteiger partial charge in [0.15, 0.2) is 11.9 Å². The molecular weight excluding hydrogens is 609 g/mol. The molecular formula is C39H77NO6P+. The summed E-state index contributed by atoms with van der Waals surface area (Å²) in [5, 5.41) is 0. The third-order valence-corrected chi connectivity index (χ3v) is 9.67. The number of phosphoric ester groups is 1.